The lowest BCUT2D eigenvalue weighted by Gasteiger charge is -2.36. The zero-order chi connectivity index (χ0) is 15.5. The summed E-state index contributed by atoms with van der Waals surface area (Å²) in [6.45, 7) is 6.27. The number of rotatable bonds is 7. The smallest absolute Gasteiger partial charge is 0.298 e. The molecule has 0 aromatic rings. The van der Waals surface area contributed by atoms with E-state index in [1.807, 2.05) is 0 Å². The van der Waals surface area contributed by atoms with Crippen LogP contribution in [0.1, 0.15) is 27.7 Å². The van der Waals surface area contributed by atoms with Crippen molar-refractivity contribution in [3.63, 3.8) is 0 Å². The number of hydrogen-bond acceptors (Lipinski definition) is 4. The van der Waals surface area contributed by atoms with Crippen molar-refractivity contribution < 1.29 is 30.0 Å². The molecular weight excluding hydrogens is 305 g/mol. The van der Waals surface area contributed by atoms with Crippen LogP contribution in [0.15, 0.2) is 0 Å². The number of hydrogen-bond donors (Lipinski definition) is 0. The summed E-state index contributed by atoms with van der Waals surface area (Å²) in [5, 5.41) is 0. The summed E-state index contributed by atoms with van der Waals surface area (Å²) in [4.78, 5) is 11.7. The Balaban J connectivity index is 5.29. The van der Waals surface area contributed by atoms with Gasteiger partial charge in [0.15, 0.2) is 0 Å². The highest BCUT2D eigenvalue weighted by Gasteiger charge is 2.50. The van der Waals surface area contributed by atoms with E-state index in [4.69, 9.17) is 0 Å². The molecule has 0 aromatic carbocycles. The summed E-state index contributed by atoms with van der Waals surface area (Å²) in [6, 6.07) is 0. The Kier molecular flexibility index (Phi) is 6.35. The second-order valence-corrected chi connectivity index (χ2v) is 9.57. The molecule has 0 radical (unpaired) electrons. The number of ketones is 1. The van der Waals surface area contributed by atoms with E-state index in [1.54, 1.807) is 13.8 Å². The third-order valence-corrected chi connectivity index (χ3v) is 7.97. The number of carbonyl (C=O) groups is 1. The van der Waals surface area contributed by atoms with Crippen molar-refractivity contribution in [2.75, 3.05) is 17.3 Å². The second-order valence-electron chi connectivity index (χ2n) is 4.28. The van der Waals surface area contributed by atoms with Crippen molar-refractivity contribution in [3.05, 3.63) is 0 Å². The number of halogens is 3. The van der Waals surface area contributed by atoms with Gasteiger partial charge in [-0.3, -0.25) is 4.79 Å². The molecule has 19 heavy (non-hydrogen) atoms. The van der Waals surface area contributed by atoms with Crippen molar-refractivity contribution >= 4 is 26.2 Å². The van der Waals surface area contributed by atoms with Crippen LogP contribution in [-0.2, 0) is 18.5 Å². The normalized spacial score (nSPS) is 14.7. The van der Waals surface area contributed by atoms with Crippen LogP contribution in [0.25, 0.3) is 0 Å². The lowest BCUT2D eigenvalue weighted by Crippen LogP contribution is -2.31. The zero-order valence-electron chi connectivity index (χ0n) is 11.3. The Labute approximate surface area is 113 Å². The minimum atomic E-state index is -5.67. The van der Waals surface area contributed by atoms with Gasteiger partial charge in [0.2, 0.25) is 0 Å². The summed E-state index contributed by atoms with van der Waals surface area (Å²) < 4.78 is 63.7. The first-order valence-corrected chi connectivity index (χ1v) is 9.19. The molecular formula is C10H19F3O4S2. The predicted molar refractivity (Wildman–Crippen MR) is 69.4 cm³/mol. The van der Waals surface area contributed by atoms with Gasteiger partial charge in [-0.15, -0.1) is 10.3 Å². The maximum Gasteiger partial charge on any atom is 0.523 e. The molecule has 0 aliphatic heterocycles. The molecule has 9 heteroatoms. The summed E-state index contributed by atoms with van der Waals surface area (Å²) in [6.07, 6.45) is 0. The van der Waals surface area contributed by atoms with Crippen LogP contribution in [0, 0.1) is 5.92 Å². The lowest BCUT2D eigenvalue weighted by molar-refractivity contribution is -0.119. The summed E-state index contributed by atoms with van der Waals surface area (Å²) in [7, 11) is -8.28. The fraction of sp³-hybridized carbons (Fsp3) is 0.900. The molecule has 0 heterocycles. The lowest BCUT2D eigenvalue weighted by atomic mass is 10.1. The largest absolute Gasteiger partial charge is 0.523 e. The monoisotopic (exact) mass is 324 g/mol. The van der Waals surface area contributed by atoms with Gasteiger partial charge in [-0.2, -0.15) is 21.6 Å². The Morgan fingerprint density at radius 2 is 1.58 bits per heavy atom. The van der Waals surface area contributed by atoms with Gasteiger partial charge in [-0.25, -0.2) is 3.63 Å². The van der Waals surface area contributed by atoms with Gasteiger partial charge in [-0.05, 0) is 11.5 Å². The molecule has 0 amide bonds. The van der Waals surface area contributed by atoms with Crippen molar-refractivity contribution in [1.29, 1.82) is 0 Å². The Bertz CT molecular complexity index is 411. The second kappa shape index (κ2) is 6.45. The molecule has 0 aliphatic carbocycles. The minimum Gasteiger partial charge on any atom is -0.298 e. The van der Waals surface area contributed by atoms with E-state index < -0.39 is 25.9 Å². The van der Waals surface area contributed by atoms with Crippen LogP contribution < -0.4 is 0 Å². The van der Waals surface area contributed by atoms with Crippen molar-refractivity contribution in [1.82, 2.24) is 0 Å². The van der Waals surface area contributed by atoms with Crippen LogP contribution in [0.5, 0.6) is 0 Å². The van der Waals surface area contributed by atoms with Crippen LogP contribution in [-0.4, -0.2) is 37.0 Å². The molecule has 116 valence electrons. The highest BCUT2D eigenvalue weighted by molar-refractivity contribution is 8.33. The molecule has 0 N–H and O–H groups in total. The molecule has 0 saturated heterocycles. The Morgan fingerprint density at radius 3 is 1.84 bits per heavy atom. The van der Waals surface area contributed by atoms with Crippen molar-refractivity contribution in [3.8, 4) is 0 Å². The summed E-state index contributed by atoms with van der Waals surface area (Å²) in [5.41, 5.74) is -5.46. The average Bonchev–Trinajstić information content (AvgIpc) is 2.25. The standard InChI is InChI=1S/C10H19F3O4S2/c1-5-18(6-2,7-9(14)8(3)4)17-19(15,16)10(11,12)13/h8H,5-7H2,1-4H3. The van der Waals surface area contributed by atoms with E-state index >= 15 is 0 Å². The van der Waals surface area contributed by atoms with E-state index in [9.17, 15) is 26.4 Å². The highest BCUT2D eigenvalue weighted by atomic mass is 32.3. The molecule has 0 spiro atoms. The molecule has 0 unspecified atom stereocenters. The van der Waals surface area contributed by atoms with E-state index in [-0.39, 0.29) is 29.0 Å². The first-order valence-electron chi connectivity index (χ1n) is 5.72. The molecule has 4 nitrogen and oxygen atoms in total. The maximum absolute atomic E-state index is 12.3. The molecule has 0 atom stereocenters. The Hall–Kier alpha value is -0.280. The van der Waals surface area contributed by atoms with Crippen LogP contribution in [0.4, 0.5) is 13.2 Å². The summed E-state index contributed by atoms with van der Waals surface area (Å²) >= 11 is 0. The van der Waals surface area contributed by atoms with Crippen LogP contribution >= 0.6 is 10.3 Å². The number of Topliss-reactive ketones (excluding diaryl/α,β-unsaturated/α-hetero) is 1. The van der Waals surface area contributed by atoms with Gasteiger partial charge in [0.25, 0.3) is 0 Å². The van der Waals surface area contributed by atoms with E-state index in [1.165, 1.54) is 13.8 Å². The van der Waals surface area contributed by atoms with Crippen molar-refractivity contribution in [2.45, 2.75) is 33.2 Å². The zero-order valence-corrected chi connectivity index (χ0v) is 12.9. The highest BCUT2D eigenvalue weighted by Crippen LogP contribution is 2.52. The molecule has 0 aromatic heterocycles. The molecule has 0 aliphatic rings. The fourth-order valence-electron chi connectivity index (χ4n) is 1.18. The van der Waals surface area contributed by atoms with Crippen LogP contribution in [0.3, 0.4) is 0 Å². The van der Waals surface area contributed by atoms with Gasteiger partial charge in [0, 0.05) is 5.92 Å². The SMILES string of the molecule is CCS(CC)(CC(=O)C(C)C)OS(=O)(=O)C(F)(F)F. The minimum absolute atomic E-state index is 0.0806. The summed E-state index contributed by atoms with van der Waals surface area (Å²) in [5.74, 6) is -0.778. The van der Waals surface area contributed by atoms with Gasteiger partial charge >= 0.3 is 15.6 Å². The fourth-order valence-corrected chi connectivity index (χ4v) is 5.64. The number of carbonyl (C=O) groups excluding carboxylic acids is 1. The van der Waals surface area contributed by atoms with E-state index in [0.29, 0.717) is 0 Å². The van der Waals surface area contributed by atoms with Gasteiger partial charge < -0.3 is 0 Å². The van der Waals surface area contributed by atoms with Crippen molar-refractivity contribution in [2.24, 2.45) is 5.92 Å². The first-order chi connectivity index (χ1) is 8.41. The number of alkyl halides is 3. The van der Waals surface area contributed by atoms with E-state index in [0.717, 1.165) is 0 Å². The van der Waals surface area contributed by atoms with E-state index in [2.05, 4.69) is 3.63 Å². The molecule has 0 fully saturated rings. The third-order valence-electron chi connectivity index (χ3n) is 2.62. The molecule has 0 saturated carbocycles. The third kappa shape index (κ3) is 4.96. The Morgan fingerprint density at radius 1 is 1.16 bits per heavy atom. The molecule has 0 bridgehead atoms. The van der Waals surface area contributed by atoms with Gasteiger partial charge in [0.05, 0.1) is 5.75 Å². The topological polar surface area (TPSA) is 60.4 Å². The average molecular weight is 324 g/mol. The van der Waals surface area contributed by atoms with Gasteiger partial charge in [-0.1, -0.05) is 27.7 Å². The van der Waals surface area contributed by atoms with Gasteiger partial charge in [0.1, 0.15) is 5.78 Å². The quantitative estimate of drug-likeness (QED) is 0.676. The molecule has 0 rings (SSSR count). The van der Waals surface area contributed by atoms with Crippen LogP contribution in [0.2, 0.25) is 0 Å². The first kappa shape index (κ1) is 18.7. The predicted octanol–water partition coefficient (Wildman–Crippen LogP) is 2.84. The maximum atomic E-state index is 12.3.